The van der Waals surface area contributed by atoms with Gasteiger partial charge in [-0.1, -0.05) is 35.9 Å². The lowest BCUT2D eigenvalue weighted by molar-refractivity contribution is 0.416. The van der Waals surface area contributed by atoms with E-state index in [-0.39, 0.29) is 10.7 Å². The van der Waals surface area contributed by atoms with Gasteiger partial charge in [-0.15, -0.1) is 0 Å². The van der Waals surface area contributed by atoms with Gasteiger partial charge in [-0.25, -0.2) is 13.4 Å². The molecule has 0 fully saturated rings. The topological polar surface area (TPSA) is 68.3 Å². The highest BCUT2D eigenvalue weighted by Gasteiger charge is 2.19. The zero-order chi connectivity index (χ0) is 18.7. The molecule has 3 aromatic rings. The standard InChI is InChI=1S/C19H17ClN2O3S/c1-13-15(20)8-5-11-18(13)26(23,24)22-19-12-6-9-16(21-19)14-7-3-4-10-17(14)25-2/h3-12H,1-2H3,(H,21,22). The first kappa shape index (κ1) is 18.2. The van der Waals surface area contributed by atoms with Crippen LogP contribution in [-0.2, 0) is 10.0 Å². The molecule has 1 heterocycles. The number of methoxy groups -OCH3 is 1. The second-order valence-corrected chi connectivity index (χ2v) is 7.63. The van der Waals surface area contributed by atoms with Crippen molar-refractivity contribution < 1.29 is 13.2 Å². The maximum Gasteiger partial charge on any atom is 0.263 e. The van der Waals surface area contributed by atoms with E-state index < -0.39 is 10.0 Å². The van der Waals surface area contributed by atoms with Crippen LogP contribution in [0, 0.1) is 6.92 Å². The minimum absolute atomic E-state index is 0.120. The van der Waals surface area contributed by atoms with Crippen LogP contribution in [0.3, 0.4) is 0 Å². The molecule has 3 rings (SSSR count). The number of aromatic nitrogens is 1. The zero-order valence-electron chi connectivity index (χ0n) is 14.2. The molecule has 0 aliphatic rings. The number of anilines is 1. The monoisotopic (exact) mass is 388 g/mol. The molecule has 0 saturated heterocycles. The first-order valence-corrected chi connectivity index (χ1v) is 9.67. The normalized spacial score (nSPS) is 11.2. The smallest absolute Gasteiger partial charge is 0.263 e. The molecule has 1 N–H and O–H groups in total. The lowest BCUT2D eigenvalue weighted by atomic mass is 10.1. The minimum Gasteiger partial charge on any atom is -0.496 e. The molecule has 26 heavy (non-hydrogen) atoms. The number of pyridine rings is 1. The third-order valence-electron chi connectivity index (χ3n) is 3.88. The molecule has 2 aromatic carbocycles. The van der Waals surface area contributed by atoms with E-state index in [1.165, 1.54) is 6.07 Å². The van der Waals surface area contributed by atoms with Crippen molar-refractivity contribution in [3.63, 3.8) is 0 Å². The van der Waals surface area contributed by atoms with E-state index in [0.717, 1.165) is 5.56 Å². The summed E-state index contributed by atoms with van der Waals surface area (Å²) in [5.74, 6) is 0.874. The number of hydrogen-bond acceptors (Lipinski definition) is 4. The number of para-hydroxylation sites is 1. The lowest BCUT2D eigenvalue weighted by Crippen LogP contribution is -2.15. The van der Waals surface area contributed by atoms with Gasteiger partial charge in [-0.2, -0.15) is 0 Å². The van der Waals surface area contributed by atoms with E-state index in [4.69, 9.17) is 16.3 Å². The summed E-state index contributed by atoms with van der Waals surface area (Å²) in [5.41, 5.74) is 1.86. The molecule has 5 nitrogen and oxygen atoms in total. The second-order valence-electron chi connectivity index (χ2n) is 5.58. The van der Waals surface area contributed by atoms with Gasteiger partial charge in [0.1, 0.15) is 11.6 Å². The van der Waals surface area contributed by atoms with Crippen LogP contribution < -0.4 is 9.46 Å². The number of hydrogen-bond donors (Lipinski definition) is 1. The summed E-state index contributed by atoms with van der Waals surface area (Å²) >= 11 is 6.04. The number of ether oxygens (including phenoxy) is 1. The van der Waals surface area contributed by atoms with Crippen LogP contribution in [0.15, 0.2) is 65.6 Å². The second kappa shape index (κ2) is 7.35. The molecule has 0 radical (unpaired) electrons. The molecule has 0 aliphatic carbocycles. The Morgan fingerprint density at radius 2 is 1.73 bits per heavy atom. The van der Waals surface area contributed by atoms with Crippen molar-refractivity contribution in [1.29, 1.82) is 0 Å². The van der Waals surface area contributed by atoms with Gasteiger partial charge < -0.3 is 4.74 Å². The Hall–Kier alpha value is -2.57. The van der Waals surface area contributed by atoms with E-state index in [1.54, 1.807) is 44.4 Å². The van der Waals surface area contributed by atoms with Crippen LogP contribution in [-0.4, -0.2) is 20.5 Å². The summed E-state index contributed by atoms with van der Waals surface area (Å²) in [5, 5.41) is 0.392. The SMILES string of the molecule is COc1ccccc1-c1cccc(NS(=O)(=O)c2cccc(Cl)c2C)n1. The summed E-state index contributed by atoms with van der Waals surface area (Å²) in [7, 11) is -2.23. The Morgan fingerprint density at radius 1 is 1.00 bits per heavy atom. The average Bonchev–Trinajstić information content (AvgIpc) is 2.63. The van der Waals surface area contributed by atoms with Gasteiger partial charge in [0.25, 0.3) is 10.0 Å². The van der Waals surface area contributed by atoms with E-state index in [1.807, 2.05) is 24.3 Å². The molecule has 0 bridgehead atoms. The van der Waals surface area contributed by atoms with Crippen LogP contribution in [0.1, 0.15) is 5.56 Å². The number of halogens is 1. The van der Waals surface area contributed by atoms with Crippen molar-refractivity contribution in [3.05, 3.63) is 71.2 Å². The van der Waals surface area contributed by atoms with Gasteiger partial charge in [0, 0.05) is 10.6 Å². The predicted octanol–water partition coefficient (Wildman–Crippen LogP) is 4.52. The maximum absolute atomic E-state index is 12.7. The van der Waals surface area contributed by atoms with Crippen molar-refractivity contribution in [2.45, 2.75) is 11.8 Å². The van der Waals surface area contributed by atoms with Gasteiger partial charge in [0.2, 0.25) is 0 Å². The summed E-state index contributed by atoms with van der Waals surface area (Å²) in [6.45, 7) is 1.66. The van der Waals surface area contributed by atoms with E-state index in [9.17, 15) is 8.42 Å². The van der Waals surface area contributed by atoms with Crippen molar-refractivity contribution in [2.24, 2.45) is 0 Å². The molecule has 0 atom stereocenters. The highest BCUT2D eigenvalue weighted by molar-refractivity contribution is 7.92. The minimum atomic E-state index is -3.81. The highest BCUT2D eigenvalue weighted by Crippen LogP contribution is 2.29. The predicted molar refractivity (Wildman–Crippen MR) is 103 cm³/mol. The van der Waals surface area contributed by atoms with Crippen molar-refractivity contribution in [3.8, 4) is 17.0 Å². The first-order chi connectivity index (χ1) is 12.4. The maximum atomic E-state index is 12.7. The molecule has 0 spiro atoms. The fourth-order valence-corrected chi connectivity index (χ4v) is 4.07. The van der Waals surface area contributed by atoms with Gasteiger partial charge in [-0.05, 0) is 48.9 Å². The molecule has 7 heteroatoms. The number of benzene rings is 2. The van der Waals surface area contributed by atoms with E-state index >= 15 is 0 Å². The summed E-state index contributed by atoms with van der Waals surface area (Å²) in [4.78, 5) is 4.53. The van der Waals surface area contributed by atoms with Crippen molar-refractivity contribution in [2.75, 3.05) is 11.8 Å². The Kier molecular flexibility index (Phi) is 5.15. The Bertz CT molecular complexity index is 1050. The number of sulfonamides is 1. The Morgan fingerprint density at radius 3 is 2.50 bits per heavy atom. The molecule has 1 aromatic heterocycles. The summed E-state index contributed by atoms with van der Waals surface area (Å²) in [6, 6.07) is 17.3. The van der Waals surface area contributed by atoms with Crippen LogP contribution in [0.2, 0.25) is 5.02 Å². The lowest BCUT2D eigenvalue weighted by Gasteiger charge is -2.12. The Labute approximate surface area is 157 Å². The van der Waals surface area contributed by atoms with Crippen LogP contribution in [0.25, 0.3) is 11.3 Å². The highest BCUT2D eigenvalue weighted by atomic mass is 35.5. The quantitative estimate of drug-likeness (QED) is 0.697. The van der Waals surface area contributed by atoms with Gasteiger partial charge in [-0.3, -0.25) is 4.72 Å². The molecule has 0 unspecified atom stereocenters. The molecule has 134 valence electrons. The Balaban J connectivity index is 1.98. The molecular formula is C19H17ClN2O3S. The van der Waals surface area contributed by atoms with Crippen LogP contribution in [0.5, 0.6) is 5.75 Å². The zero-order valence-corrected chi connectivity index (χ0v) is 15.8. The molecule has 0 aliphatic heterocycles. The fraction of sp³-hybridized carbons (Fsp3) is 0.105. The molecule has 0 amide bonds. The molecular weight excluding hydrogens is 372 g/mol. The fourth-order valence-electron chi connectivity index (χ4n) is 2.57. The summed E-state index contributed by atoms with van der Waals surface area (Å²) < 4.78 is 33.3. The van der Waals surface area contributed by atoms with Crippen molar-refractivity contribution >= 4 is 27.4 Å². The van der Waals surface area contributed by atoms with Crippen molar-refractivity contribution in [1.82, 2.24) is 4.98 Å². The van der Waals surface area contributed by atoms with E-state index in [0.29, 0.717) is 22.0 Å². The van der Waals surface area contributed by atoms with Crippen LogP contribution in [0.4, 0.5) is 5.82 Å². The summed E-state index contributed by atoms with van der Waals surface area (Å²) in [6.07, 6.45) is 0. The van der Waals surface area contributed by atoms with Gasteiger partial charge in [0.05, 0.1) is 17.7 Å². The molecule has 0 saturated carbocycles. The number of rotatable bonds is 5. The first-order valence-electron chi connectivity index (χ1n) is 7.81. The number of nitrogens with one attached hydrogen (secondary N) is 1. The van der Waals surface area contributed by atoms with E-state index in [2.05, 4.69) is 9.71 Å². The average molecular weight is 389 g/mol. The van der Waals surface area contributed by atoms with Gasteiger partial charge in [0.15, 0.2) is 0 Å². The largest absolute Gasteiger partial charge is 0.496 e. The van der Waals surface area contributed by atoms with Crippen LogP contribution >= 0.6 is 11.6 Å². The number of nitrogens with zero attached hydrogens (tertiary/aromatic N) is 1. The third-order valence-corrected chi connectivity index (χ3v) is 5.79. The van der Waals surface area contributed by atoms with Gasteiger partial charge >= 0.3 is 0 Å². The third kappa shape index (κ3) is 3.66.